The van der Waals surface area contributed by atoms with Gasteiger partial charge in [-0.05, 0) is 36.6 Å². The first-order valence-electron chi connectivity index (χ1n) is 8.35. The molecule has 140 valence electrons. The lowest BCUT2D eigenvalue weighted by Crippen LogP contribution is -2.29. The smallest absolute Gasteiger partial charge is 0.227 e. The van der Waals surface area contributed by atoms with E-state index in [2.05, 4.69) is 15.7 Å². The molecule has 0 saturated carbocycles. The molecule has 0 bridgehead atoms. The Morgan fingerprint density at radius 2 is 2.07 bits per heavy atom. The summed E-state index contributed by atoms with van der Waals surface area (Å²) >= 11 is 7.57. The van der Waals surface area contributed by atoms with Crippen molar-refractivity contribution < 1.29 is 9.59 Å². The van der Waals surface area contributed by atoms with Gasteiger partial charge in [-0.3, -0.25) is 9.59 Å². The van der Waals surface area contributed by atoms with E-state index in [-0.39, 0.29) is 24.3 Å². The van der Waals surface area contributed by atoms with Gasteiger partial charge in [0, 0.05) is 22.9 Å². The van der Waals surface area contributed by atoms with Gasteiger partial charge in [0.2, 0.25) is 11.8 Å². The largest absolute Gasteiger partial charge is 0.348 e. The topological polar surface area (TPSA) is 76.0 Å². The van der Waals surface area contributed by atoms with Crippen LogP contribution in [0.5, 0.6) is 0 Å². The molecule has 0 unspecified atom stereocenters. The third-order valence-corrected chi connectivity index (χ3v) is 5.03. The predicted molar refractivity (Wildman–Crippen MR) is 107 cm³/mol. The fourth-order valence-electron chi connectivity index (χ4n) is 2.73. The Labute approximate surface area is 166 Å². The number of halogens is 1. The summed E-state index contributed by atoms with van der Waals surface area (Å²) < 4.78 is 1.64. The Kier molecular flexibility index (Phi) is 5.93. The predicted octanol–water partition coefficient (Wildman–Crippen LogP) is 4.10. The Balaban J connectivity index is 1.79. The van der Waals surface area contributed by atoms with Gasteiger partial charge in [-0.25, -0.2) is 4.68 Å². The van der Waals surface area contributed by atoms with Crippen molar-refractivity contribution in [2.75, 3.05) is 5.32 Å². The second-order valence-corrected chi connectivity index (χ2v) is 7.50. The molecule has 0 radical (unpaired) electrons. The van der Waals surface area contributed by atoms with Gasteiger partial charge in [0.25, 0.3) is 0 Å². The molecule has 27 heavy (non-hydrogen) atoms. The normalized spacial score (nSPS) is 11.8. The highest BCUT2D eigenvalue weighted by atomic mass is 35.5. The van der Waals surface area contributed by atoms with Crippen LogP contribution in [0.4, 0.5) is 5.82 Å². The molecule has 2 amide bonds. The highest BCUT2D eigenvalue weighted by Gasteiger charge is 2.19. The summed E-state index contributed by atoms with van der Waals surface area (Å²) in [6.07, 6.45) is 0.125. The van der Waals surface area contributed by atoms with Gasteiger partial charge in [-0.15, -0.1) is 11.3 Å². The van der Waals surface area contributed by atoms with Crippen LogP contribution in [0, 0.1) is 6.92 Å². The minimum Gasteiger partial charge on any atom is -0.348 e. The second kappa shape index (κ2) is 8.37. The summed E-state index contributed by atoms with van der Waals surface area (Å²) in [5.41, 5.74) is 1.52. The number of carbonyl (C=O) groups is 2. The van der Waals surface area contributed by atoms with Crippen LogP contribution in [0.2, 0.25) is 5.02 Å². The van der Waals surface area contributed by atoms with Gasteiger partial charge >= 0.3 is 0 Å². The van der Waals surface area contributed by atoms with Crippen LogP contribution in [0.15, 0.2) is 47.8 Å². The van der Waals surface area contributed by atoms with E-state index in [4.69, 9.17) is 11.6 Å². The maximum atomic E-state index is 12.6. The molecule has 8 heteroatoms. The first kappa shape index (κ1) is 19.1. The summed E-state index contributed by atoms with van der Waals surface area (Å²) in [7, 11) is 0. The molecule has 0 saturated heterocycles. The van der Waals surface area contributed by atoms with Crippen molar-refractivity contribution in [1.82, 2.24) is 15.1 Å². The Morgan fingerprint density at radius 1 is 1.26 bits per heavy atom. The highest BCUT2D eigenvalue weighted by Crippen LogP contribution is 2.24. The lowest BCUT2D eigenvalue weighted by molar-refractivity contribution is -0.120. The van der Waals surface area contributed by atoms with Crippen molar-refractivity contribution in [3.63, 3.8) is 0 Å². The van der Waals surface area contributed by atoms with Crippen molar-refractivity contribution >= 4 is 40.6 Å². The van der Waals surface area contributed by atoms with Gasteiger partial charge < -0.3 is 10.6 Å². The van der Waals surface area contributed by atoms with Crippen LogP contribution >= 0.6 is 22.9 Å². The fraction of sp³-hybridized carbons (Fsp3) is 0.211. The van der Waals surface area contributed by atoms with Crippen LogP contribution < -0.4 is 10.6 Å². The lowest BCUT2D eigenvalue weighted by atomic mass is 10.1. The van der Waals surface area contributed by atoms with E-state index in [9.17, 15) is 9.59 Å². The third kappa shape index (κ3) is 4.96. The summed E-state index contributed by atoms with van der Waals surface area (Å²) in [6.45, 7) is 3.29. The lowest BCUT2D eigenvalue weighted by Gasteiger charge is -2.16. The molecule has 0 fully saturated rings. The zero-order valence-electron chi connectivity index (χ0n) is 14.9. The molecule has 0 aliphatic carbocycles. The third-order valence-electron chi connectivity index (χ3n) is 3.81. The Morgan fingerprint density at radius 3 is 2.74 bits per heavy atom. The molecule has 0 spiro atoms. The van der Waals surface area contributed by atoms with E-state index in [0.29, 0.717) is 10.8 Å². The van der Waals surface area contributed by atoms with E-state index in [1.54, 1.807) is 22.9 Å². The molecular formula is C19H19ClN4O2S. The first-order valence-corrected chi connectivity index (χ1v) is 9.61. The van der Waals surface area contributed by atoms with Crippen LogP contribution in [0.3, 0.4) is 0 Å². The van der Waals surface area contributed by atoms with Crippen LogP contribution in [-0.2, 0) is 9.59 Å². The maximum absolute atomic E-state index is 12.6. The van der Waals surface area contributed by atoms with Gasteiger partial charge in [-0.1, -0.05) is 23.7 Å². The number of benzene rings is 1. The van der Waals surface area contributed by atoms with Gasteiger partial charge in [0.1, 0.15) is 5.82 Å². The van der Waals surface area contributed by atoms with Crippen molar-refractivity contribution in [2.45, 2.75) is 26.3 Å². The van der Waals surface area contributed by atoms with Gasteiger partial charge in [-0.2, -0.15) is 5.10 Å². The number of thiophene rings is 1. The number of nitrogens with one attached hydrogen (secondary N) is 2. The van der Waals surface area contributed by atoms with E-state index in [1.807, 2.05) is 36.6 Å². The number of aryl methyl sites for hydroxylation is 1. The number of amides is 2. The number of aromatic nitrogens is 2. The number of hydrogen-bond donors (Lipinski definition) is 2. The molecule has 3 aromatic rings. The molecule has 2 aromatic heterocycles. The molecule has 0 aliphatic heterocycles. The van der Waals surface area contributed by atoms with Crippen molar-refractivity contribution in [3.05, 3.63) is 63.4 Å². The second-order valence-electron chi connectivity index (χ2n) is 6.08. The fourth-order valence-corrected chi connectivity index (χ4v) is 3.69. The van der Waals surface area contributed by atoms with Crippen LogP contribution in [-0.4, -0.2) is 21.6 Å². The average Bonchev–Trinajstić information content (AvgIpc) is 3.23. The molecule has 1 atom stereocenters. The number of carbonyl (C=O) groups excluding carboxylic acids is 2. The van der Waals surface area contributed by atoms with Crippen LogP contribution in [0.25, 0.3) is 5.69 Å². The van der Waals surface area contributed by atoms with E-state index < -0.39 is 0 Å². The molecule has 0 aliphatic rings. The van der Waals surface area contributed by atoms with Crippen molar-refractivity contribution in [2.24, 2.45) is 0 Å². The number of rotatable bonds is 6. The molecular weight excluding hydrogens is 384 g/mol. The van der Waals surface area contributed by atoms with E-state index in [0.717, 1.165) is 16.3 Å². The SMILES string of the molecule is CC(=O)N[C@H](CC(=O)Nc1cc(C)nn1-c1cccc(Cl)c1)c1cccs1. The monoisotopic (exact) mass is 402 g/mol. The van der Waals surface area contributed by atoms with Gasteiger partial charge in [0.05, 0.1) is 23.8 Å². The number of hydrogen-bond acceptors (Lipinski definition) is 4. The molecule has 1 aromatic carbocycles. The highest BCUT2D eigenvalue weighted by molar-refractivity contribution is 7.10. The molecule has 2 N–H and O–H groups in total. The zero-order valence-corrected chi connectivity index (χ0v) is 16.5. The first-order chi connectivity index (χ1) is 12.9. The van der Waals surface area contributed by atoms with E-state index in [1.165, 1.54) is 18.3 Å². The number of anilines is 1. The van der Waals surface area contributed by atoms with Crippen molar-refractivity contribution in [1.29, 1.82) is 0 Å². The summed E-state index contributed by atoms with van der Waals surface area (Å²) in [5, 5.41) is 12.6. The van der Waals surface area contributed by atoms with Crippen LogP contribution in [0.1, 0.15) is 30.0 Å². The minimum atomic E-state index is -0.369. The van der Waals surface area contributed by atoms with E-state index >= 15 is 0 Å². The quantitative estimate of drug-likeness (QED) is 0.651. The summed E-state index contributed by atoms with van der Waals surface area (Å²) in [5.74, 6) is 0.152. The Hall–Kier alpha value is -2.64. The average molecular weight is 403 g/mol. The zero-order chi connectivity index (χ0) is 19.4. The molecule has 3 rings (SSSR count). The van der Waals surface area contributed by atoms with Gasteiger partial charge in [0.15, 0.2) is 0 Å². The molecule has 6 nitrogen and oxygen atoms in total. The standard InChI is InChI=1S/C19H19ClN4O2S/c1-12-9-18(24(23-12)15-6-3-5-14(20)10-15)22-19(26)11-16(21-13(2)25)17-7-4-8-27-17/h3-10,16H,11H2,1-2H3,(H,21,25)(H,22,26)/t16-/m1/s1. The summed E-state index contributed by atoms with van der Waals surface area (Å²) in [4.78, 5) is 25.1. The Bertz CT molecular complexity index is 953. The van der Waals surface area contributed by atoms with Crippen molar-refractivity contribution in [3.8, 4) is 5.69 Å². The number of nitrogens with zero attached hydrogens (tertiary/aromatic N) is 2. The summed E-state index contributed by atoms with van der Waals surface area (Å²) in [6, 6.07) is 12.4. The minimum absolute atomic E-state index is 0.125. The maximum Gasteiger partial charge on any atom is 0.227 e. The molecule has 2 heterocycles.